The van der Waals surface area contributed by atoms with Crippen molar-refractivity contribution in [3.05, 3.63) is 40.8 Å². The molecule has 3 aromatic rings. The number of nitrogens with zero attached hydrogens (tertiary/aromatic N) is 1. The molecule has 0 aliphatic heterocycles. The van der Waals surface area contributed by atoms with Crippen molar-refractivity contribution in [3.8, 4) is 10.7 Å². The average molecular weight is 242 g/mol. The lowest BCUT2D eigenvalue weighted by atomic mass is 10.2. The van der Waals surface area contributed by atoms with Gasteiger partial charge in [-0.2, -0.15) is 0 Å². The summed E-state index contributed by atoms with van der Waals surface area (Å²) in [5.74, 6) is 0.998. The number of H-pyrrole nitrogens is 1. The van der Waals surface area contributed by atoms with Gasteiger partial charge >= 0.3 is 0 Å². The number of nitrogens with one attached hydrogen (secondary N) is 1. The van der Waals surface area contributed by atoms with E-state index in [0.29, 0.717) is 0 Å². The van der Waals surface area contributed by atoms with E-state index < -0.39 is 0 Å². The number of aromatic amines is 1. The maximum absolute atomic E-state index is 4.66. The molecule has 0 fully saturated rings. The first-order chi connectivity index (χ1) is 8.28. The van der Waals surface area contributed by atoms with Gasteiger partial charge in [0.15, 0.2) is 0 Å². The number of imidazole rings is 1. The van der Waals surface area contributed by atoms with Crippen LogP contribution in [0.4, 0.5) is 0 Å². The lowest BCUT2D eigenvalue weighted by Gasteiger charge is -1.95. The molecule has 0 aliphatic rings. The second kappa shape index (κ2) is 4.00. The molecule has 1 N–H and O–H groups in total. The van der Waals surface area contributed by atoms with Gasteiger partial charge in [-0.15, -0.1) is 11.3 Å². The van der Waals surface area contributed by atoms with Crippen molar-refractivity contribution in [2.45, 2.75) is 20.3 Å². The van der Waals surface area contributed by atoms with Crippen LogP contribution in [0.1, 0.15) is 18.1 Å². The van der Waals surface area contributed by atoms with E-state index in [1.54, 1.807) is 11.3 Å². The first-order valence-corrected chi connectivity index (χ1v) is 6.69. The molecule has 0 atom stereocenters. The summed E-state index contributed by atoms with van der Waals surface area (Å²) >= 11 is 1.75. The minimum Gasteiger partial charge on any atom is -0.337 e. The molecule has 2 aromatic heterocycles. The molecule has 17 heavy (non-hydrogen) atoms. The van der Waals surface area contributed by atoms with Crippen molar-refractivity contribution in [1.82, 2.24) is 9.97 Å². The van der Waals surface area contributed by atoms with E-state index in [2.05, 4.69) is 53.5 Å². The summed E-state index contributed by atoms with van der Waals surface area (Å²) in [6, 6.07) is 8.50. The molecule has 0 bridgehead atoms. The maximum Gasteiger partial charge on any atom is 0.148 e. The summed E-state index contributed by atoms with van der Waals surface area (Å²) in [6.07, 6.45) is 1.05. The molecule has 0 saturated carbocycles. The van der Waals surface area contributed by atoms with E-state index >= 15 is 0 Å². The number of benzene rings is 1. The quantitative estimate of drug-likeness (QED) is 0.718. The topological polar surface area (TPSA) is 28.7 Å². The molecule has 1 aromatic carbocycles. The minimum atomic E-state index is 0.998. The molecule has 0 spiro atoms. The molecule has 0 amide bonds. The van der Waals surface area contributed by atoms with Crippen molar-refractivity contribution >= 4 is 22.4 Å². The number of hydrogen-bond donors (Lipinski definition) is 1. The Morgan fingerprint density at radius 3 is 3.00 bits per heavy atom. The smallest absolute Gasteiger partial charge is 0.148 e. The summed E-state index contributed by atoms with van der Waals surface area (Å²) in [4.78, 5) is 9.34. The first kappa shape index (κ1) is 10.5. The molecular formula is C14H14N2S. The number of thiophene rings is 1. The van der Waals surface area contributed by atoms with Crippen molar-refractivity contribution < 1.29 is 0 Å². The van der Waals surface area contributed by atoms with E-state index in [-0.39, 0.29) is 0 Å². The molecule has 0 saturated heterocycles. The number of aryl methyl sites for hydroxylation is 2. The molecule has 86 valence electrons. The van der Waals surface area contributed by atoms with Crippen LogP contribution in [0.2, 0.25) is 0 Å². The predicted octanol–water partition coefficient (Wildman–Crippen LogP) is 4.16. The highest BCUT2D eigenvalue weighted by Gasteiger charge is 2.10. The third kappa shape index (κ3) is 1.76. The number of fused-ring (bicyclic) bond motifs is 1. The Kier molecular flexibility index (Phi) is 2.48. The Morgan fingerprint density at radius 2 is 2.18 bits per heavy atom. The van der Waals surface area contributed by atoms with Gasteiger partial charge in [0.05, 0.1) is 15.9 Å². The van der Waals surface area contributed by atoms with E-state index in [1.165, 1.54) is 16.0 Å². The zero-order valence-electron chi connectivity index (χ0n) is 9.95. The number of rotatable bonds is 2. The molecule has 3 heteroatoms. The van der Waals surface area contributed by atoms with Crippen LogP contribution in [0.25, 0.3) is 21.7 Å². The van der Waals surface area contributed by atoms with Gasteiger partial charge in [0.1, 0.15) is 5.82 Å². The van der Waals surface area contributed by atoms with Gasteiger partial charge in [-0.25, -0.2) is 4.98 Å². The highest BCUT2D eigenvalue weighted by atomic mass is 32.1. The Bertz CT molecular complexity index is 664. The second-order valence-corrected chi connectivity index (χ2v) is 5.15. The van der Waals surface area contributed by atoms with Gasteiger partial charge < -0.3 is 4.98 Å². The Labute approximate surface area is 104 Å². The second-order valence-electron chi connectivity index (χ2n) is 4.23. The first-order valence-electron chi connectivity index (χ1n) is 5.81. The average Bonchev–Trinajstić information content (AvgIpc) is 2.93. The minimum absolute atomic E-state index is 0.998. The molecular weight excluding hydrogens is 228 g/mol. The Hall–Kier alpha value is -1.61. The van der Waals surface area contributed by atoms with Gasteiger partial charge in [0, 0.05) is 0 Å². The molecule has 0 unspecified atom stereocenters. The standard InChI is InChI=1S/C14H14N2S/c1-3-10-6-7-17-13(10)14-15-11-5-4-9(2)8-12(11)16-14/h4-8H,3H2,1-2H3,(H,15,16). The lowest BCUT2D eigenvalue weighted by molar-refractivity contribution is 1.15. The fourth-order valence-electron chi connectivity index (χ4n) is 2.05. The SMILES string of the molecule is CCc1ccsc1-c1nc2ccc(C)cc2[nH]1. The van der Waals surface area contributed by atoms with Crippen LogP contribution in [0.5, 0.6) is 0 Å². The van der Waals surface area contributed by atoms with Crippen LogP contribution < -0.4 is 0 Å². The number of hydrogen-bond acceptors (Lipinski definition) is 2. The van der Waals surface area contributed by atoms with Gasteiger partial charge in [-0.1, -0.05) is 13.0 Å². The summed E-state index contributed by atoms with van der Waals surface area (Å²) in [7, 11) is 0. The van der Waals surface area contributed by atoms with Crippen molar-refractivity contribution in [2.75, 3.05) is 0 Å². The van der Waals surface area contributed by atoms with Crippen molar-refractivity contribution in [2.24, 2.45) is 0 Å². The summed E-state index contributed by atoms with van der Waals surface area (Å²) in [5, 5.41) is 2.13. The predicted molar refractivity (Wildman–Crippen MR) is 73.5 cm³/mol. The molecule has 2 nitrogen and oxygen atoms in total. The van der Waals surface area contributed by atoms with Crippen LogP contribution in [0.15, 0.2) is 29.6 Å². The largest absolute Gasteiger partial charge is 0.337 e. The van der Waals surface area contributed by atoms with Crippen LogP contribution in [0.3, 0.4) is 0 Å². The zero-order chi connectivity index (χ0) is 11.8. The van der Waals surface area contributed by atoms with Crippen LogP contribution in [-0.2, 0) is 6.42 Å². The molecule has 0 radical (unpaired) electrons. The highest BCUT2D eigenvalue weighted by Crippen LogP contribution is 2.29. The fraction of sp³-hybridized carbons (Fsp3) is 0.214. The van der Waals surface area contributed by atoms with E-state index in [1.807, 2.05) is 0 Å². The third-order valence-corrected chi connectivity index (χ3v) is 3.94. The van der Waals surface area contributed by atoms with Gasteiger partial charge in [0.2, 0.25) is 0 Å². The fourth-order valence-corrected chi connectivity index (χ4v) is 2.99. The zero-order valence-corrected chi connectivity index (χ0v) is 10.8. The summed E-state index contributed by atoms with van der Waals surface area (Å²) < 4.78 is 0. The van der Waals surface area contributed by atoms with Crippen LogP contribution in [-0.4, -0.2) is 9.97 Å². The van der Waals surface area contributed by atoms with Gasteiger partial charge in [-0.3, -0.25) is 0 Å². The van der Waals surface area contributed by atoms with Gasteiger partial charge in [0.25, 0.3) is 0 Å². The Morgan fingerprint density at radius 1 is 1.29 bits per heavy atom. The third-order valence-electron chi connectivity index (χ3n) is 2.98. The van der Waals surface area contributed by atoms with Crippen molar-refractivity contribution in [3.63, 3.8) is 0 Å². The van der Waals surface area contributed by atoms with E-state index in [9.17, 15) is 0 Å². The van der Waals surface area contributed by atoms with Crippen molar-refractivity contribution in [1.29, 1.82) is 0 Å². The van der Waals surface area contributed by atoms with Crippen LogP contribution >= 0.6 is 11.3 Å². The molecule has 3 rings (SSSR count). The molecule has 2 heterocycles. The van der Waals surface area contributed by atoms with E-state index in [0.717, 1.165) is 23.3 Å². The molecule has 0 aliphatic carbocycles. The highest BCUT2D eigenvalue weighted by molar-refractivity contribution is 7.13. The lowest BCUT2D eigenvalue weighted by Crippen LogP contribution is -1.82. The van der Waals surface area contributed by atoms with Gasteiger partial charge in [-0.05, 0) is 48.1 Å². The van der Waals surface area contributed by atoms with Crippen LogP contribution in [0, 0.1) is 6.92 Å². The maximum atomic E-state index is 4.66. The summed E-state index contributed by atoms with van der Waals surface area (Å²) in [5.41, 5.74) is 4.79. The van der Waals surface area contributed by atoms with E-state index in [4.69, 9.17) is 0 Å². The normalized spacial score (nSPS) is 11.2. The number of aromatic nitrogens is 2. The summed E-state index contributed by atoms with van der Waals surface area (Å²) in [6.45, 7) is 4.28. The Balaban J connectivity index is 2.18. The monoisotopic (exact) mass is 242 g/mol.